The predicted molar refractivity (Wildman–Crippen MR) is 143 cm³/mol. The van der Waals surface area contributed by atoms with E-state index in [0.29, 0.717) is 17.1 Å². The summed E-state index contributed by atoms with van der Waals surface area (Å²) in [5.74, 6) is -2.51. The maximum absolute atomic E-state index is 14.2. The molecule has 0 aliphatic carbocycles. The van der Waals surface area contributed by atoms with Gasteiger partial charge in [0.25, 0.3) is 0 Å². The Kier molecular flexibility index (Phi) is 12.8. The molecule has 3 amide bonds. The van der Waals surface area contributed by atoms with Gasteiger partial charge in [-0.3, -0.25) is 19.8 Å². The van der Waals surface area contributed by atoms with Crippen LogP contribution in [0.3, 0.4) is 0 Å². The van der Waals surface area contributed by atoms with E-state index in [-0.39, 0.29) is 35.7 Å². The van der Waals surface area contributed by atoms with E-state index in [1.54, 1.807) is 18.2 Å². The number of hydrogen-bond acceptors (Lipinski definition) is 4. The molecule has 0 aromatic heterocycles. The van der Waals surface area contributed by atoms with Gasteiger partial charge in [0, 0.05) is 35.5 Å². The number of hydrogen-bond donors (Lipinski definition) is 3. The molecule has 2 rings (SSSR count). The summed E-state index contributed by atoms with van der Waals surface area (Å²) in [5, 5.41) is 11.4. The van der Waals surface area contributed by atoms with Crippen LogP contribution in [-0.2, 0) is 14.4 Å². The van der Waals surface area contributed by atoms with Crippen LogP contribution in [-0.4, -0.2) is 37.0 Å². The van der Waals surface area contributed by atoms with E-state index in [1.165, 1.54) is 42.6 Å². The highest BCUT2D eigenvalue weighted by atomic mass is 35.5. The first-order valence-electron chi connectivity index (χ1n) is 11.9. The first-order valence-corrected chi connectivity index (χ1v) is 12.3. The highest BCUT2D eigenvalue weighted by molar-refractivity contribution is 6.31. The molecule has 9 heteroatoms. The maximum Gasteiger partial charge on any atom is 0.246 e. The lowest BCUT2D eigenvalue weighted by molar-refractivity contribution is -0.131. The third-order valence-corrected chi connectivity index (χ3v) is 5.33. The van der Waals surface area contributed by atoms with Crippen molar-refractivity contribution in [3.63, 3.8) is 0 Å². The summed E-state index contributed by atoms with van der Waals surface area (Å²) >= 11 is 6.10. The van der Waals surface area contributed by atoms with Crippen LogP contribution in [0.15, 0.2) is 42.5 Å². The zero-order chi connectivity index (χ0) is 27.4. The van der Waals surface area contributed by atoms with Gasteiger partial charge in [-0.25, -0.2) is 4.39 Å². The molecule has 0 aliphatic heterocycles. The van der Waals surface area contributed by atoms with Crippen LogP contribution in [0.4, 0.5) is 10.1 Å². The van der Waals surface area contributed by atoms with Crippen LogP contribution < -0.4 is 16.0 Å². The van der Waals surface area contributed by atoms with Crippen LogP contribution >= 0.6 is 11.6 Å². The molecule has 0 spiro atoms. The molecule has 0 saturated heterocycles. The molecule has 2 aromatic carbocycles. The van der Waals surface area contributed by atoms with Crippen molar-refractivity contribution in [2.24, 2.45) is 17.6 Å². The fourth-order valence-corrected chi connectivity index (χ4v) is 3.64. The Hall–Kier alpha value is -3.26. The lowest BCUT2D eigenvalue weighted by Crippen LogP contribution is -2.42. The van der Waals surface area contributed by atoms with Crippen molar-refractivity contribution in [3.8, 4) is 0 Å². The minimum absolute atomic E-state index is 0.0677. The summed E-state index contributed by atoms with van der Waals surface area (Å²) in [5.41, 5.74) is 5.79. The van der Waals surface area contributed by atoms with Crippen LogP contribution in [0.1, 0.15) is 58.1 Å². The van der Waals surface area contributed by atoms with E-state index in [1.807, 2.05) is 13.8 Å². The van der Waals surface area contributed by atoms with Gasteiger partial charge >= 0.3 is 0 Å². The number of rotatable bonds is 10. The van der Waals surface area contributed by atoms with E-state index in [2.05, 4.69) is 19.2 Å². The van der Waals surface area contributed by atoms with Gasteiger partial charge in [0.2, 0.25) is 17.7 Å². The second kappa shape index (κ2) is 15.0. The van der Waals surface area contributed by atoms with Gasteiger partial charge in [-0.15, -0.1) is 0 Å². The molecule has 0 radical (unpaired) electrons. The van der Waals surface area contributed by atoms with Crippen LogP contribution in [0, 0.1) is 23.1 Å². The summed E-state index contributed by atoms with van der Waals surface area (Å²) in [6.45, 7) is 7.78. The van der Waals surface area contributed by atoms with Crippen molar-refractivity contribution < 1.29 is 18.8 Å². The van der Waals surface area contributed by atoms with Gasteiger partial charge in [0.1, 0.15) is 5.82 Å². The van der Waals surface area contributed by atoms with Crippen LogP contribution in [0.2, 0.25) is 5.02 Å². The number of likely N-dealkylation sites (N-methyl/N-ethyl adjacent to an activating group) is 1. The second-order valence-corrected chi connectivity index (χ2v) is 9.33. The molecule has 4 N–H and O–H groups in total. The number of carbonyl (C=O) groups excluding carboxylic acids is 3. The third kappa shape index (κ3) is 9.41. The highest BCUT2D eigenvalue weighted by Gasteiger charge is 2.24. The summed E-state index contributed by atoms with van der Waals surface area (Å²) in [4.78, 5) is 37.9. The van der Waals surface area contributed by atoms with Crippen molar-refractivity contribution in [3.05, 3.63) is 64.4 Å². The third-order valence-electron chi connectivity index (χ3n) is 5.09. The molecule has 196 valence electrons. The Balaban J connectivity index is 0.00000205. The number of halogens is 2. The van der Waals surface area contributed by atoms with Gasteiger partial charge in [0.05, 0.1) is 17.9 Å². The monoisotopic (exact) mass is 518 g/mol. The van der Waals surface area contributed by atoms with Crippen molar-refractivity contribution in [1.82, 2.24) is 5.32 Å². The van der Waals surface area contributed by atoms with Crippen molar-refractivity contribution >= 4 is 40.7 Å². The zero-order valence-corrected chi connectivity index (χ0v) is 22.3. The Labute approximate surface area is 217 Å². The van der Waals surface area contributed by atoms with Gasteiger partial charge < -0.3 is 16.0 Å². The smallest absolute Gasteiger partial charge is 0.246 e. The minimum Gasteiger partial charge on any atom is -0.370 e. The predicted octanol–water partition coefficient (Wildman–Crippen LogP) is 4.93. The first kappa shape index (κ1) is 30.8. The molecule has 0 saturated carbocycles. The summed E-state index contributed by atoms with van der Waals surface area (Å²) < 4.78 is 14.2. The van der Waals surface area contributed by atoms with Crippen molar-refractivity contribution in [2.75, 3.05) is 18.5 Å². The largest absolute Gasteiger partial charge is 0.370 e. The van der Waals surface area contributed by atoms with Gasteiger partial charge in [-0.05, 0) is 42.7 Å². The zero-order valence-electron chi connectivity index (χ0n) is 21.5. The number of carbonyl (C=O) groups is 3. The summed E-state index contributed by atoms with van der Waals surface area (Å²) in [7, 11) is 1.49. The van der Waals surface area contributed by atoms with Crippen LogP contribution in [0.25, 0.3) is 0 Å². The minimum atomic E-state index is -0.624. The lowest BCUT2D eigenvalue weighted by atomic mass is 9.93. The lowest BCUT2D eigenvalue weighted by Gasteiger charge is -2.23. The maximum atomic E-state index is 14.2. The van der Waals surface area contributed by atoms with Crippen LogP contribution in [0.5, 0.6) is 0 Å². The Morgan fingerprint density at radius 2 is 1.72 bits per heavy atom. The molecule has 0 aliphatic rings. The highest BCUT2D eigenvalue weighted by Crippen LogP contribution is 2.27. The number of amides is 3. The molecule has 0 heterocycles. The molecule has 1 unspecified atom stereocenters. The number of nitrogens with two attached hydrogens (primary N) is 1. The molecule has 0 fully saturated rings. The number of nitrogens with zero attached hydrogens (tertiary/aromatic N) is 1. The molecular formula is C27H36ClFN4O3. The molecule has 2 aromatic rings. The van der Waals surface area contributed by atoms with E-state index >= 15 is 0 Å². The summed E-state index contributed by atoms with van der Waals surface area (Å²) in [6, 6.07) is 10.5. The average Bonchev–Trinajstić information content (AvgIpc) is 2.81. The fourth-order valence-electron chi connectivity index (χ4n) is 3.46. The number of nitrogens with one attached hydrogen (secondary N) is 2. The van der Waals surface area contributed by atoms with E-state index in [9.17, 15) is 18.8 Å². The average molecular weight is 519 g/mol. The Morgan fingerprint density at radius 3 is 2.28 bits per heavy atom. The molecule has 7 nitrogen and oxygen atoms in total. The topological polar surface area (TPSA) is 116 Å². The number of benzene rings is 2. The Bertz CT molecular complexity index is 1070. The second-order valence-electron chi connectivity index (χ2n) is 8.89. The standard InChI is InChI=1S/C24H28ClFN4O3.C3H8/c1-14(2)10-15(11-21(27)31)24(33)29-13-22(32)30(3)20-9-8-16(25)12-18(20)23(28)17-6-4-5-7-19(17)26;1-3-2/h4-9,12,14-15,28H,10-11,13H2,1-3H3,(H2,27,31)(H,29,33);3H2,1-2H3. The SMILES string of the molecule is CC(C)CC(CC(N)=O)C(=O)NCC(=O)N(C)c1ccc(Cl)cc1C(=N)c1ccccc1F.CCC. The quantitative estimate of drug-likeness (QED) is 0.387. The Morgan fingerprint density at radius 1 is 1.11 bits per heavy atom. The van der Waals surface area contributed by atoms with E-state index in [4.69, 9.17) is 22.7 Å². The molecule has 36 heavy (non-hydrogen) atoms. The van der Waals surface area contributed by atoms with E-state index in [0.717, 1.165) is 0 Å². The summed E-state index contributed by atoms with van der Waals surface area (Å²) in [6.07, 6.45) is 1.61. The number of anilines is 1. The van der Waals surface area contributed by atoms with Gasteiger partial charge in [-0.1, -0.05) is 57.8 Å². The normalized spacial score (nSPS) is 11.2. The number of primary amides is 1. The van der Waals surface area contributed by atoms with Crippen molar-refractivity contribution in [1.29, 1.82) is 5.41 Å². The van der Waals surface area contributed by atoms with Crippen molar-refractivity contribution in [2.45, 2.75) is 47.0 Å². The molecular weight excluding hydrogens is 483 g/mol. The molecule has 1 atom stereocenters. The fraction of sp³-hybridized carbons (Fsp3) is 0.407. The van der Waals surface area contributed by atoms with E-state index < -0.39 is 29.5 Å². The first-order chi connectivity index (χ1) is 16.9. The molecule has 0 bridgehead atoms. The van der Waals surface area contributed by atoms with Gasteiger partial charge in [-0.2, -0.15) is 0 Å². The van der Waals surface area contributed by atoms with Gasteiger partial charge in [0.15, 0.2) is 0 Å².